The molecule has 0 aliphatic heterocycles. The number of methoxy groups -OCH3 is 1. The number of hydrogen-bond acceptors (Lipinski definition) is 5. The number of phenolic OH excluding ortho intramolecular Hbond substituents is 1. The summed E-state index contributed by atoms with van der Waals surface area (Å²) in [5.74, 6) is -1.54. The minimum Gasteiger partial charge on any atom is -0.508 e. The average molecular weight is 297 g/mol. The van der Waals surface area contributed by atoms with Crippen molar-refractivity contribution >= 4 is 11.9 Å². The Bertz CT molecular complexity index is 459. The van der Waals surface area contributed by atoms with Gasteiger partial charge in [0.05, 0.1) is 13.2 Å². The summed E-state index contributed by atoms with van der Waals surface area (Å²) < 4.78 is 9.78. The Morgan fingerprint density at radius 2 is 1.90 bits per heavy atom. The molecular formula is C14H19NO6. The fraction of sp³-hybridized carbons (Fsp3) is 0.429. The predicted octanol–water partition coefficient (Wildman–Crippen LogP) is 0.167. The number of hydrogen-bond donors (Lipinski definition) is 3. The number of carbonyl (C=O) groups excluding carboxylic acids is 1. The number of aliphatic carboxylic acids is 1. The fourth-order valence-corrected chi connectivity index (χ4v) is 1.61. The Morgan fingerprint density at radius 1 is 1.24 bits per heavy atom. The van der Waals surface area contributed by atoms with Crippen LogP contribution < -0.4 is 5.32 Å². The van der Waals surface area contributed by atoms with E-state index in [4.69, 9.17) is 14.6 Å². The molecule has 0 aliphatic carbocycles. The van der Waals surface area contributed by atoms with E-state index < -0.39 is 17.9 Å². The Hall–Kier alpha value is -2.12. The van der Waals surface area contributed by atoms with Crippen molar-refractivity contribution in [2.24, 2.45) is 0 Å². The van der Waals surface area contributed by atoms with Gasteiger partial charge in [0, 0.05) is 13.5 Å². The Labute approximate surface area is 122 Å². The lowest BCUT2D eigenvalue weighted by Gasteiger charge is -2.14. The topological polar surface area (TPSA) is 105 Å². The van der Waals surface area contributed by atoms with E-state index in [1.807, 2.05) is 0 Å². The van der Waals surface area contributed by atoms with Gasteiger partial charge in [-0.15, -0.1) is 0 Å². The summed E-state index contributed by atoms with van der Waals surface area (Å²) in [7, 11) is 1.52. The molecular weight excluding hydrogens is 278 g/mol. The number of aromatic hydroxyl groups is 1. The maximum Gasteiger partial charge on any atom is 0.326 e. The van der Waals surface area contributed by atoms with Crippen molar-refractivity contribution in [2.45, 2.75) is 12.5 Å². The third-order valence-electron chi connectivity index (χ3n) is 2.67. The Kier molecular flexibility index (Phi) is 7.20. The van der Waals surface area contributed by atoms with Gasteiger partial charge in [0.2, 0.25) is 5.91 Å². The predicted molar refractivity (Wildman–Crippen MR) is 74.1 cm³/mol. The van der Waals surface area contributed by atoms with Crippen LogP contribution in [-0.2, 0) is 25.5 Å². The van der Waals surface area contributed by atoms with Crippen LogP contribution in [0.4, 0.5) is 0 Å². The normalized spacial score (nSPS) is 11.9. The largest absolute Gasteiger partial charge is 0.508 e. The van der Waals surface area contributed by atoms with Crippen LogP contribution >= 0.6 is 0 Å². The molecule has 0 unspecified atom stereocenters. The van der Waals surface area contributed by atoms with Gasteiger partial charge in [0.25, 0.3) is 0 Å². The number of benzene rings is 1. The Morgan fingerprint density at radius 3 is 2.48 bits per heavy atom. The second-order valence-corrected chi connectivity index (χ2v) is 4.37. The molecule has 1 atom stereocenters. The van der Waals surface area contributed by atoms with E-state index in [0.29, 0.717) is 12.2 Å². The minimum absolute atomic E-state index is 0.0983. The molecule has 0 saturated heterocycles. The zero-order valence-electron chi connectivity index (χ0n) is 11.7. The molecule has 7 heteroatoms. The van der Waals surface area contributed by atoms with Crippen LogP contribution in [0.25, 0.3) is 0 Å². The number of carboxylic acid groups (broad SMARTS) is 1. The highest BCUT2D eigenvalue weighted by molar-refractivity contribution is 5.84. The molecule has 0 spiro atoms. The number of amides is 1. The summed E-state index contributed by atoms with van der Waals surface area (Å²) in [4.78, 5) is 22.7. The molecule has 116 valence electrons. The molecule has 1 rings (SSSR count). The number of ether oxygens (including phenoxy) is 2. The molecule has 1 aromatic carbocycles. The van der Waals surface area contributed by atoms with E-state index in [-0.39, 0.29) is 25.4 Å². The molecule has 3 N–H and O–H groups in total. The van der Waals surface area contributed by atoms with Crippen molar-refractivity contribution in [2.75, 3.05) is 26.9 Å². The maximum absolute atomic E-state index is 11.6. The molecule has 0 heterocycles. The van der Waals surface area contributed by atoms with Gasteiger partial charge in [0.15, 0.2) is 0 Å². The van der Waals surface area contributed by atoms with Gasteiger partial charge in [-0.3, -0.25) is 4.79 Å². The van der Waals surface area contributed by atoms with E-state index in [9.17, 15) is 14.7 Å². The summed E-state index contributed by atoms with van der Waals surface area (Å²) in [5.41, 5.74) is 0.695. The van der Waals surface area contributed by atoms with Gasteiger partial charge >= 0.3 is 5.97 Å². The SMILES string of the molecule is COCCOCC(=O)N[C@H](Cc1ccc(O)cc1)C(=O)O. The van der Waals surface area contributed by atoms with Crippen LogP contribution in [0, 0.1) is 0 Å². The van der Waals surface area contributed by atoms with Crippen LogP contribution in [0.3, 0.4) is 0 Å². The molecule has 21 heavy (non-hydrogen) atoms. The lowest BCUT2D eigenvalue weighted by molar-refractivity contribution is -0.142. The summed E-state index contributed by atoms with van der Waals surface area (Å²) in [6.07, 6.45) is 0.124. The molecule has 1 amide bonds. The van der Waals surface area contributed by atoms with Crippen molar-refractivity contribution in [3.8, 4) is 5.75 Å². The summed E-state index contributed by atoms with van der Waals surface area (Å²) in [6.45, 7) is 0.408. The third kappa shape index (κ3) is 6.73. The monoisotopic (exact) mass is 297 g/mol. The lowest BCUT2D eigenvalue weighted by Crippen LogP contribution is -2.44. The summed E-state index contributed by atoms with van der Waals surface area (Å²) >= 11 is 0. The highest BCUT2D eigenvalue weighted by Gasteiger charge is 2.20. The van der Waals surface area contributed by atoms with Crippen molar-refractivity contribution < 1.29 is 29.3 Å². The highest BCUT2D eigenvalue weighted by Crippen LogP contribution is 2.11. The highest BCUT2D eigenvalue weighted by atomic mass is 16.5. The molecule has 0 saturated carbocycles. The van der Waals surface area contributed by atoms with Crippen molar-refractivity contribution in [3.63, 3.8) is 0 Å². The van der Waals surface area contributed by atoms with Gasteiger partial charge < -0.3 is 25.0 Å². The molecule has 1 aromatic rings. The molecule has 0 bridgehead atoms. The van der Waals surface area contributed by atoms with Gasteiger partial charge in [0.1, 0.15) is 18.4 Å². The lowest BCUT2D eigenvalue weighted by atomic mass is 10.1. The Balaban J connectivity index is 2.48. The zero-order valence-corrected chi connectivity index (χ0v) is 11.7. The van der Waals surface area contributed by atoms with Gasteiger partial charge in [-0.2, -0.15) is 0 Å². The van der Waals surface area contributed by atoms with Crippen LogP contribution in [0.5, 0.6) is 5.75 Å². The molecule has 0 aliphatic rings. The van der Waals surface area contributed by atoms with E-state index in [1.54, 1.807) is 12.1 Å². The molecule has 7 nitrogen and oxygen atoms in total. The number of phenols is 1. The quantitative estimate of drug-likeness (QED) is 0.561. The maximum atomic E-state index is 11.6. The van der Waals surface area contributed by atoms with Gasteiger partial charge in [-0.05, 0) is 17.7 Å². The molecule has 0 fully saturated rings. The van der Waals surface area contributed by atoms with Gasteiger partial charge in [-0.1, -0.05) is 12.1 Å². The van der Waals surface area contributed by atoms with Crippen LogP contribution in [0.1, 0.15) is 5.56 Å². The number of rotatable bonds is 9. The smallest absolute Gasteiger partial charge is 0.326 e. The van der Waals surface area contributed by atoms with Crippen molar-refractivity contribution in [3.05, 3.63) is 29.8 Å². The molecule has 0 aromatic heterocycles. The second-order valence-electron chi connectivity index (χ2n) is 4.37. The van der Waals surface area contributed by atoms with E-state index in [1.165, 1.54) is 19.2 Å². The minimum atomic E-state index is -1.13. The van der Waals surface area contributed by atoms with Crippen LogP contribution in [-0.4, -0.2) is 55.1 Å². The number of nitrogens with one attached hydrogen (secondary N) is 1. The molecule has 0 radical (unpaired) electrons. The zero-order chi connectivity index (χ0) is 15.7. The van der Waals surface area contributed by atoms with E-state index in [2.05, 4.69) is 5.32 Å². The summed E-state index contributed by atoms with van der Waals surface area (Å²) in [6, 6.07) is 5.08. The fourth-order valence-electron chi connectivity index (χ4n) is 1.61. The second kappa shape index (κ2) is 8.93. The average Bonchev–Trinajstić information content (AvgIpc) is 2.45. The first-order chi connectivity index (χ1) is 10.0. The van der Waals surface area contributed by atoms with Crippen LogP contribution in [0.15, 0.2) is 24.3 Å². The standard InChI is InChI=1S/C14H19NO6/c1-20-6-7-21-9-13(17)15-12(14(18)19)8-10-2-4-11(16)5-3-10/h2-5,12,16H,6-9H2,1H3,(H,15,17)(H,18,19)/t12-/m1/s1. The first-order valence-corrected chi connectivity index (χ1v) is 6.39. The first kappa shape index (κ1) is 16.9. The number of carboxylic acids is 1. The van der Waals surface area contributed by atoms with E-state index in [0.717, 1.165) is 0 Å². The first-order valence-electron chi connectivity index (χ1n) is 6.39. The third-order valence-corrected chi connectivity index (χ3v) is 2.67. The van der Waals surface area contributed by atoms with Crippen molar-refractivity contribution in [1.29, 1.82) is 0 Å². The van der Waals surface area contributed by atoms with E-state index >= 15 is 0 Å². The van der Waals surface area contributed by atoms with Crippen molar-refractivity contribution in [1.82, 2.24) is 5.32 Å². The van der Waals surface area contributed by atoms with Crippen LogP contribution in [0.2, 0.25) is 0 Å². The summed E-state index contributed by atoms with van der Waals surface area (Å²) in [5, 5.41) is 20.7. The number of carbonyl (C=O) groups is 2. The van der Waals surface area contributed by atoms with Gasteiger partial charge in [-0.25, -0.2) is 4.79 Å².